The van der Waals surface area contributed by atoms with Gasteiger partial charge in [-0.05, 0) is 42.5 Å². The van der Waals surface area contributed by atoms with Crippen molar-refractivity contribution in [3.05, 3.63) is 83.4 Å². The molecule has 0 radical (unpaired) electrons. The standard InChI is InChI=1S/C21H18ClNO5S/c1-27-19-11-7-6-10-17(19)21(24)23(15-12-13-20(28-2)18(22)14-15)29(25,26)16-8-4-3-5-9-16/h3-14H,1-2H3. The van der Waals surface area contributed by atoms with Crippen LogP contribution in [0.5, 0.6) is 11.5 Å². The number of carbonyl (C=O) groups excluding carboxylic acids is 1. The lowest BCUT2D eigenvalue weighted by Crippen LogP contribution is -2.37. The molecule has 0 fully saturated rings. The Kier molecular flexibility index (Phi) is 6.10. The molecule has 29 heavy (non-hydrogen) atoms. The molecule has 150 valence electrons. The van der Waals surface area contributed by atoms with Crippen molar-refractivity contribution in [2.45, 2.75) is 4.90 Å². The predicted octanol–water partition coefficient (Wildman–Crippen LogP) is 4.39. The number of sulfonamides is 1. The molecular weight excluding hydrogens is 414 g/mol. The van der Waals surface area contributed by atoms with Crippen LogP contribution in [-0.4, -0.2) is 28.5 Å². The quantitative estimate of drug-likeness (QED) is 0.578. The molecule has 0 N–H and O–H groups in total. The zero-order valence-corrected chi connectivity index (χ0v) is 17.3. The van der Waals surface area contributed by atoms with E-state index in [-0.39, 0.29) is 26.9 Å². The maximum atomic E-state index is 13.4. The van der Waals surface area contributed by atoms with Gasteiger partial charge in [0.2, 0.25) is 0 Å². The Bertz CT molecular complexity index is 1130. The third-order valence-electron chi connectivity index (χ3n) is 4.17. The Hall–Kier alpha value is -3.03. The van der Waals surface area contributed by atoms with Crippen LogP contribution in [-0.2, 0) is 10.0 Å². The van der Waals surface area contributed by atoms with E-state index in [1.165, 1.54) is 50.6 Å². The second-order valence-corrected chi connectivity index (χ2v) is 8.10. The average Bonchev–Trinajstić information content (AvgIpc) is 2.74. The highest BCUT2D eigenvalue weighted by Crippen LogP contribution is 2.34. The first-order valence-corrected chi connectivity index (χ1v) is 10.3. The van der Waals surface area contributed by atoms with Crippen molar-refractivity contribution < 1.29 is 22.7 Å². The summed E-state index contributed by atoms with van der Waals surface area (Å²) in [6.45, 7) is 0. The summed E-state index contributed by atoms with van der Waals surface area (Å²) in [5, 5.41) is 0.172. The van der Waals surface area contributed by atoms with E-state index < -0.39 is 15.9 Å². The highest BCUT2D eigenvalue weighted by molar-refractivity contribution is 7.93. The molecule has 0 aliphatic heterocycles. The lowest BCUT2D eigenvalue weighted by atomic mass is 10.2. The van der Waals surface area contributed by atoms with Gasteiger partial charge in [0.15, 0.2) is 0 Å². The van der Waals surface area contributed by atoms with Gasteiger partial charge in [0.1, 0.15) is 11.5 Å². The minimum absolute atomic E-state index is 0.0322. The number of carbonyl (C=O) groups is 1. The number of anilines is 1. The summed E-state index contributed by atoms with van der Waals surface area (Å²) in [6.07, 6.45) is 0. The maximum absolute atomic E-state index is 13.4. The van der Waals surface area contributed by atoms with Gasteiger partial charge >= 0.3 is 0 Å². The van der Waals surface area contributed by atoms with E-state index in [2.05, 4.69) is 0 Å². The Morgan fingerprint density at radius 1 is 0.862 bits per heavy atom. The van der Waals surface area contributed by atoms with Gasteiger partial charge in [-0.2, -0.15) is 4.31 Å². The van der Waals surface area contributed by atoms with Gasteiger partial charge in [0.05, 0.1) is 35.4 Å². The molecule has 0 atom stereocenters. The van der Waals surface area contributed by atoms with E-state index in [9.17, 15) is 13.2 Å². The Morgan fingerprint density at radius 3 is 2.10 bits per heavy atom. The molecule has 0 spiro atoms. The SMILES string of the molecule is COc1ccc(N(C(=O)c2ccccc2OC)S(=O)(=O)c2ccccc2)cc1Cl. The first-order chi connectivity index (χ1) is 13.9. The Labute approximate surface area is 174 Å². The number of nitrogens with zero attached hydrogens (tertiary/aromatic N) is 1. The lowest BCUT2D eigenvalue weighted by Gasteiger charge is -2.24. The molecule has 0 aliphatic rings. The summed E-state index contributed by atoms with van der Waals surface area (Å²) in [4.78, 5) is 13.4. The van der Waals surface area contributed by atoms with E-state index in [1.54, 1.807) is 36.4 Å². The van der Waals surface area contributed by atoms with Crippen LogP contribution < -0.4 is 13.8 Å². The molecule has 3 aromatic rings. The number of hydrogen-bond donors (Lipinski definition) is 0. The lowest BCUT2D eigenvalue weighted by molar-refractivity contribution is 0.100. The second-order valence-electron chi connectivity index (χ2n) is 5.91. The predicted molar refractivity (Wildman–Crippen MR) is 111 cm³/mol. The maximum Gasteiger partial charge on any atom is 0.276 e. The number of ether oxygens (including phenoxy) is 2. The van der Waals surface area contributed by atoms with Crippen LogP contribution in [0.1, 0.15) is 10.4 Å². The van der Waals surface area contributed by atoms with Crippen molar-refractivity contribution in [1.82, 2.24) is 0 Å². The van der Waals surface area contributed by atoms with Crippen molar-refractivity contribution >= 4 is 33.2 Å². The summed E-state index contributed by atoms with van der Waals surface area (Å²) in [5.74, 6) is -0.157. The molecule has 0 saturated carbocycles. The topological polar surface area (TPSA) is 72.9 Å². The van der Waals surface area contributed by atoms with E-state index in [0.29, 0.717) is 10.1 Å². The smallest absolute Gasteiger partial charge is 0.276 e. The monoisotopic (exact) mass is 431 g/mol. The summed E-state index contributed by atoms with van der Waals surface area (Å²) in [5.41, 5.74) is 0.178. The normalized spacial score (nSPS) is 11.0. The van der Waals surface area contributed by atoms with Crippen LogP contribution in [0.2, 0.25) is 5.02 Å². The van der Waals surface area contributed by atoms with Crippen LogP contribution in [0, 0.1) is 0 Å². The van der Waals surface area contributed by atoms with Gasteiger partial charge in [-0.25, -0.2) is 8.42 Å². The van der Waals surface area contributed by atoms with E-state index in [1.807, 2.05) is 0 Å². The van der Waals surface area contributed by atoms with Gasteiger partial charge in [-0.15, -0.1) is 0 Å². The van der Waals surface area contributed by atoms with Crippen molar-refractivity contribution in [1.29, 1.82) is 0 Å². The Morgan fingerprint density at radius 2 is 1.48 bits per heavy atom. The molecule has 6 nitrogen and oxygen atoms in total. The molecule has 0 saturated heterocycles. The fourth-order valence-corrected chi connectivity index (χ4v) is 4.45. The van der Waals surface area contributed by atoms with Gasteiger partial charge in [-0.3, -0.25) is 4.79 Å². The van der Waals surface area contributed by atoms with Crippen LogP contribution in [0.4, 0.5) is 5.69 Å². The largest absolute Gasteiger partial charge is 0.496 e. The number of para-hydroxylation sites is 1. The molecule has 0 aromatic heterocycles. The van der Waals surface area contributed by atoms with Gasteiger partial charge < -0.3 is 9.47 Å². The summed E-state index contributed by atoms with van der Waals surface area (Å²) in [7, 11) is -1.38. The van der Waals surface area contributed by atoms with E-state index in [0.717, 1.165) is 0 Å². The van der Waals surface area contributed by atoms with E-state index in [4.69, 9.17) is 21.1 Å². The van der Waals surface area contributed by atoms with Crippen LogP contribution in [0.3, 0.4) is 0 Å². The molecular formula is C21H18ClNO5S. The molecule has 8 heteroatoms. The minimum atomic E-state index is -4.23. The van der Waals surface area contributed by atoms with Gasteiger partial charge in [-0.1, -0.05) is 41.9 Å². The third-order valence-corrected chi connectivity index (χ3v) is 6.19. The summed E-state index contributed by atoms with van der Waals surface area (Å²) >= 11 is 6.20. The molecule has 0 unspecified atom stereocenters. The third kappa shape index (κ3) is 4.06. The average molecular weight is 432 g/mol. The molecule has 0 heterocycles. The minimum Gasteiger partial charge on any atom is -0.496 e. The second kappa shape index (κ2) is 8.55. The fourth-order valence-electron chi connectivity index (χ4n) is 2.78. The molecule has 0 aliphatic carbocycles. The van der Waals surface area contributed by atoms with Crippen molar-refractivity contribution in [2.24, 2.45) is 0 Å². The number of rotatable bonds is 6. The first kappa shape index (κ1) is 20.7. The van der Waals surface area contributed by atoms with Gasteiger partial charge in [0.25, 0.3) is 15.9 Å². The van der Waals surface area contributed by atoms with Crippen LogP contribution >= 0.6 is 11.6 Å². The number of benzene rings is 3. The molecule has 0 bridgehead atoms. The highest BCUT2D eigenvalue weighted by atomic mass is 35.5. The number of methoxy groups -OCH3 is 2. The zero-order valence-electron chi connectivity index (χ0n) is 15.7. The fraction of sp³-hybridized carbons (Fsp3) is 0.0952. The summed E-state index contributed by atoms with van der Waals surface area (Å²) in [6, 6.07) is 18.4. The van der Waals surface area contributed by atoms with Crippen molar-refractivity contribution in [3.8, 4) is 11.5 Å². The number of hydrogen-bond acceptors (Lipinski definition) is 5. The highest BCUT2D eigenvalue weighted by Gasteiger charge is 2.33. The molecule has 3 rings (SSSR count). The van der Waals surface area contributed by atoms with Gasteiger partial charge in [0, 0.05) is 0 Å². The number of amides is 1. The molecule has 1 amide bonds. The van der Waals surface area contributed by atoms with Crippen molar-refractivity contribution in [2.75, 3.05) is 18.5 Å². The molecule has 3 aromatic carbocycles. The number of halogens is 1. The van der Waals surface area contributed by atoms with Crippen LogP contribution in [0.15, 0.2) is 77.7 Å². The zero-order chi connectivity index (χ0) is 21.0. The van der Waals surface area contributed by atoms with Crippen LogP contribution in [0.25, 0.3) is 0 Å². The first-order valence-electron chi connectivity index (χ1n) is 8.51. The summed E-state index contributed by atoms with van der Waals surface area (Å²) < 4.78 is 37.9. The Balaban J connectivity index is 2.22. The van der Waals surface area contributed by atoms with E-state index >= 15 is 0 Å². The van der Waals surface area contributed by atoms with Crippen molar-refractivity contribution in [3.63, 3.8) is 0 Å².